The van der Waals surface area contributed by atoms with Gasteiger partial charge >= 0.3 is 0 Å². The number of nitrogens with two attached hydrogens (primary N) is 1. The van der Waals surface area contributed by atoms with Crippen LogP contribution >= 0.6 is 11.6 Å². The van der Waals surface area contributed by atoms with Crippen molar-refractivity contribution in [2.24, 2.45) is 16.8 Å². The smallest absolute Gasteiger partial charge is 0.227 e. The van der Waals surface area contributed by atoms with Crippen LogP contribution in [0, 0.1) is 5.92 Å². The van der Waals surface area contributed by atoms with Gasteiger partial charge in [-0.15, -0.1) is 0 Å². The van der Waals surface area contributed by atoms with Crippen molar-refractivity contribution >= 4 is 29.0 Å². The van der Waals surface area contributed by atoms with Gasteiger partial charge in [0.1, 0.15) is 5.84 Å². The summed E-state index contributed by atoms with van der Waals surface area (Å²) < 4.78 is 0. The van der Waals surface area contributed by atoms with E-state index in [-0.39, 0.29) is 24.1 Å². The molecule has 1 aromatic carbocycles. The van der Waals surface area contributed by atoms with Gasteiger partial charge in [0.2, 0.25) is 5.91 Å². The van der Waals surface area contributed by atoms with Gasteiger partial charge in [-0.1, -0.05) is 22.8 Å². The number of carbonyl (C=O) groups is 1. The molecule has 0 spiro atoms. The standard InChI is InChI=1S/C11H12ClN3O2/c12-8-2-1-3-9(5-8)15-6-7(4-10(15)16)11(13)14-17/h1-3,5,7,17H,4,6H2,(H2,13,14)/t7-/m0/s1. The molecule has 0 bridgehead atoms. The number of amidine groups is 1. The van der Waals surface area contributed by atoms with E-state index in [4.69, 9.17) is 22.5 Å². The third kappa shape index (κ3) is 2.34. The average molecular weight is 254 g/mol. The summed E-state index contributed by atoms with van der Waals surface area (Å²) >= 11 is 5.87. The number of nitrogens with zero attached hydrogens (tertiary/aromatic N) is 2. The summed E-state index contributed by atoms with van der Waals surface area (Å²) in [6.07, 6.45) is 0.252. The Morgan fingerprint density at radius 1 is 1.59 bits per heavy atom. The van der Waals surface area contributed by atoms with E-state index in [0.717, 1.165) is 5.69 Å². The quantitative estimate of drug-likeness (QED) is 0.362. The Bertz CT molecular complexity index is 476. The van der Waals surface area contributed by atoms with Crippen molar-refractivity contribution in [2.45, 2.75) is 6.42 Å². The molecule has 0 radical (unpaired) electrons. The number of rotatable bonds is 2. The highest BCUT2D eigenvalue weighted by atomic mass is 35.5. The van der Waals surface area contributed by atoms with E-state index in [9.17, 15) is 4.79 Å². The van der Waals surface area contributed by atoms with Crippen molar-refractivity contribution in [1.82, 2.24) is 0 Å². The summed E-state index contributed by atoms with van der Waals surface area (Å²) in [4.78, 5) is 13.4. The molecule has 1 aromatic rings. The van der Waals surface area contributed by atoms with Crippen LogP contribution in [0.5, 0.6) is 0 Å². The summed E-state index contributed by atoms with van der Waals surface area (Å²) in [5.74, 6) is -0.210. The second-order valence-corrected chi connectivity index (χ2v) is 4.35. The molecule has 1 atom stereocenters. The predicted octanol–water partition coefficient (Wildman–Crippen LogP) is 1.44. The zero-order chi connectivity index (χ0) is 12.4. The molecule has 1 aliphatic heterocycles. The summed E-state index contributed by atoms with van der Waals surface area (Å²) in [6.45, 7) is 0.412. The van der Waals surface area contributed by atoms with E-state index in [1.807, 2.05) is 0 Å². The van der Waals surface area contributed by atoms with E-state index in [0.29, 0.717) is 11.6 Å². The van der Waals surface area contributed by atoms with Gasteiger partial charge in [0, 0.05) is 29.6 Å². The molecular formula is C11H12ClN3O2. The highest BCUT2D eigenvalue weighted by molar-refractivity contribution is 6.30. The van der Waals surface area contributed by atoms with E-state index >= 15 is 0 Å². The van der Waals surface area contributed by atoms with Crippen LogP contribution in [0.15, 0.2) is 29.4 Å². The Balaban J connectivity index is 2.21. The molecule has 6 heteroatoms. The zero-order valence-corrected chi connectivity index (χ0v) is 9.76. The van der Waals surface area contributed by atoms with Crippen molar-refractivity contribution in [3.8, 4) is 0 Å². The number of hydrogen-bond acceptors (Lipinski definition) is 3. The highest BCUT2D eigenvalue weighted by Gasteiger charge is 2.33. The van der Waals surface area contributed by atoms with Crippen molar-refractivity contribution in [1.29, 1.82) is 0 Å². The first-order valence-corrected chi connectivity index (χ1v) is 5.53. The van der Waals surface area contributed by atoms with Gasteiger partial charge in [0.25, 0.3) is 0 Å². The van der Waals surface area contributed by atoms with Crippen LogP contribution in [0.1, 0.15) is 6.42 Å². The van der Waals surface area contributed by atoms with Crippen LogP contribution in [0.4, 0.5) is 5.69 Å². The normalized spacial score (nSPS) is 21.0. The molecule has 1 aliphatic rings. The number of oxime groups is 1. The lowest BCUT2D eigenvalue weighted by Crippen LogP contribution is -2.28. The van der Waals surface area contributed by atoms with Gasteiger partial charge in [0.05, 0.1) is 0 Å². The van der Waals surface area contributed by atoms with Crippen LogP contribution in [-0.2, 0) is 4.79 Å². The lowest BCUT2D eigenvalue weighted by atomic mass is 10.1. The molecule has 0 unspecified atom stereocenters. The number of benzene rings is 1. The molecule has 1 amide bonds. The topological polar surface area (TPSA) is 78.9 Å². The molecule has 1 fully saturated rings. The van der Waals surface area contributed by atoms with Crippen molar-refractivity contribution in [3.63, 3.8) is 0 Å². The maximum absolute atomic E-state index is 11.8. The van der Waals surface area contributed by atoms with Crippen molar-refractivity contribution < 1.29 is 10.0 Å². The molecule has 3 N–H and O–H groups in total. The third-order valence-corrected chi connectivity index (χ3v) is 3.01. The number of amides is 1. The van der Waals surface area contributed by atoms with Crippen LogP contribution in [0.3, 0.4) is 0 Å². The molecular weight excluding hydrogens is 242 g/mol. The van der Waals surface area contributed by atoms with Crippen LogP contribution in [-0.4, -0.2) is 23.5 Å². The van der Waals surface area contributed by atoms with E-state index in [2.05, 4.69) is 5.16 Å². The number of carbonyl (C=O) groups excluding carboxylic acids is 1. The van der Waals surface area contributed by atoms with Gasteiger partial charge in [-0.05, 0) is 18.2 Å². The van der Waals surface area contributed by atoms with Crippen LogP contribution in [0.25, 0.3) is 0 Å². The highest BCUT2D eigenvalue weighted by Crippen LogP contribution is 2.27. The molecule has 0 aliphatic carbocycles. The van der Waals surface area contributed by atoms with Crippen molar-refractivity contribution in [2.75, 3.05) is 11.4 Å². The second kappa shape index (κ2) is 4.63. The first kappa shape index (κ1) is 11.7. The van der Waals surface area contributed by atoms with Gasteiger partial charge in [0.15, 0.2) is 0 Å². The average Bonchev–Trinajstić information content (AvgIpc) is 2.70. The maximum atomic E-state index is 11.8. The first-order chi connectivity index (χ1) is 8.11. The van der Waals surface area contributed by atoms with Crippen LogP contribution < -0.4 is 10.6 Å². The lowest BCUT2D eigenvalue weighted by Gasteiger charge is -2.16. The Morgan fingerprint density at radius 3 is 3.00 bits per heavy atom. The Kier molecular flexibility index (Phi) is 3.19. The van der Waals surface area contributed by atoms with Gasteiger partial charge in [-0.3, -0.25) is 4.79 Å². The maximum Gasteiger partial charge on any atom is 0.227 e. The Morgan fingerprint density at radius 2 is 2.35 bits per heavy atom. The minimum atomic E-state index is -0.244. The van der Waals surface area contributed by atoms with Gasteiger partial charge in [-0.25, -0.2) is 0 Å². The number of anilines is 1. The van der Waals surface area contributed by atoms with Gasteiger partial charge < -0.3 is 15.8 Å². The molecule has 0 saturated carbocycles. The fourth-order valence-electron chi connectivity index (χ4n) is 1.88. The fraction of sp³-hybridized carbons (Fsp3) is 0.273. The third-order valence-electron chi connectivity index (χ3n) is 2.78. The molecule has 0 aromatic heterocycles. The molecule has 17 heavy (non-hydrogen) atoms. The van der Waals surface area contributed by atoms with Crippen molar-refractivity contribution in [3.05, 3.63) is 29.3 Å². The molecule has 90 valence electrons. The van der Waals surface area contributed by atoms with E-state index in [1.165, 1.54) is 0 Å². The summed E-state index contributed by atoms with van der Waals surface area (Å²) in [5, 5.41) is 12.1. The van der Waals surface area contributed by atoms with E-state index in [1.54, 1.807) is 29.2 Å². The largest absolute Gasteiger partial charge is 0.409 e. The van der Waals surface area contributed by atoms with E-state index < -0.39 is 0 Å². The SMILES string of the molecule is N/C(=N/O)[C@H]1CC(=O)N(c2cccc(Cl)c2)C1. The molecule has 5 nitrogen and oxygen atoms in total. The summed E-state index contributed by atoms with van der Waals surface area (Å²) in [5.41, 5.74) is 6.24. The Hall–Kier alpha value is -1.75. The summed E-state index contributed by atoms with van der Waals surface area (Å²) in [6, 6.07) is 7.04. The van der Waals surface area contributed by atoms with Crippen LogP contribution in [0.2, 0.25) is 5.02 Å². The summed E-state index contributed by atoms with van der Waals surface area (Å²) in [7, 11) is 0. The molecule has 1 saturated heterocycles. The number of halogens is 1. The lowest BCUT2D eigenvalue weighted by molar-refractivity contribution is -0.117. The molecule has 2 rings (SSSR count). The second-order valence-electron chi connectivity index (χ2n) is 3.91. The number of hydrogen-bond donors (Lipinski definition) is 2. The predicted molar refractivity (Wildman–Crippen MR) is 65.3 cm³/mol. The van der Waals surface area contributed by atoms with Gasteiger partial charge in [-0.2, -0.15) is 0 Å². The first-order valence-electron chi connectivity index (χ1n) is 5.15. The minimum Gasteiger partial charge on any atom is -0.409 e. The monoisotopic (exact) mass is 253 g/mol. The fourth-order valence-corrected chi connectivity index (χ4v) is 2.07. The zero-order valence-electron chi connectivity index (χ0n) is 9.01. The Labute approximate surface area is 103 Å². The minimum absolute atomic E-state index is 0.0520. The molecule has 1 heterocycles.